The van der Waals surface area contributed by atoms with Crippen molar-refractivity contribution in [1.29, 1.82) is 0 Å². The van der Waals surface area contributed by atoms with Crippen molar-refractivity contribution in [2.45, 2.75) is 51.1 Å². The van der Waals surface area contributed by atoms with E-state index in [4.69, 9.17) is 0 Å². The molecule has 2 amide bonds. The lowest BCUT2D eigenvalue weighted by Crippen LogP contribution is -2.40. The summed E-state index contributed by atoms with van der Waals surface area (Å²) in [5.74, 6) is 0. The second-order valence-electron chi connectivity index (χ2n) is 5.95. The van der Waals surface area contributed by atoms with Crippen molar-refractivity contribution >= 4 is 17.4 Å². The lowest BCUT2D eigenvalue weighted by molar-refractivity contribution is 0.222. The maximum Gasteiger partial charge on any atom is 0.319 e. The van der Waals surface area contributed by atoms with E-state index in [2.05, 4.69) is 22.6 Å². The van der Waals surface area contributed by atoms with Crippen LogP contribution >= 0.6 is 0 Å². The van der Waals surface area contributed by atoms with E-state index in [1.807, 2.05) is 31.2 Å². The van der Waals surface area contributed by atoms with Gasteiger partial charge in [0.25, 0.3) is 0 Å². The van der Waals surface area contributed by atoms with Crippen molar-refractivity contribution < 1.29 is 9.90 Å². The minimum absolute atomic E-state index is 0.0481. The Hall–Kier alpha value is -1.75. The molecule has 122 valence electrons. The van der Waals surface area contributed by atoms with Crippen LogP contribution in [0.15, 0.2) is 24.3 Å². The molecule has 0 aliphatic heterocycles. The normalized spacial score (nSPS) is 16.3. The Labute approximate surface area is 132 Å². The van der Waals surface area contributed by atoms with E-state index in [1.54, 1.807) is 0 Å². The number of aliphatic hydroxyl groups excluding tert-OH is 1. The molecule has 1 aliphatic rings. The number of rotatable bonds is 6. The van der Waals surface area contributed by atoms with Crippen molar-refractivity contribution in [1.82, 2.24) is 5.32 Å². The first-order valence-electron chi connectivity index (χ1n) is 8.16. The van der Waals surface area contributed by atoms with Gasteiger partial charge in [-0.3, -0.25) is 0 Å². The average Bonchev–Trinajstić information content (AvgIpc) is 3.07. The van der Waals surface area contributed by atoms with Crippen LogP contribution in [-0.4, -0.2) is 36.9 Å². The molecule has 1 aromatic rings. The van der Waals surface area contributed by atoms with Crippen LogP contribution in [0.25, 0.3) is 0 Å². The summed E-state index contributed by atoms with van der Waals surface area (Å²) in [6.45, 7) is 1.89. The fraction of sp³-hybridized carbons (Fsp3) is 0.588. The summed E-state index contributed by atoms with van der Waals surface area (Å²) in [5, 5.41) is 14.9. The van der Waals surface area contributed by atoms with E-state index in [-0.39, 0.29) is 18.7 Å². The minimum Gasteiger partial charge on any atom is -0.394 e. The molecule has 0 heterocycles. The minimum atomic E-state index is -0.270. The van der Waals surface area contributed by atoms with Gasteiger partial charge in [-0.25, -0.2) is 4.79 Å². The second-order valence-corrected chi connectivity index (χ2v) is 5.95. The number of anilines is 2. The number of urea groups is 1. The van der Waals surface area contributed by atoms with Crippen LogP contribution in [-0.2, 0) is 0 Å². The van der Waals surface area contributed by atoms with E-state index in [1.165, 1.54) is 25.7 Å². The average molecular weight is 305 g/mol. The maximum atomic E-state index is 12.1. The first-order valence-corrected chi connectivity index (χ1v) is 8.16. The molecule has 0 spiro atoms. The van der Waals surface area contributed by atoms with Crippen LogP contribution in [0.1, 0.15) is 39.0 Å². The number of amides is 2. The molecule has 5 nitrogen and oxygen atoms in total. The van der Waals surface area contributed by atoms with Crippen LogP contribution in [0, 0.1) is 0 Å². The molecule has 22 heavy (non-hydrogen) atoms. The molecule has 0 aromatic heterocycles. The number of carbonyl (C=O) groups is 1. The van der Waals surface area contributed by atoms with E-state index in [0.29, 0.717) is 12.5 Å². The Bertz CT molecular complexity index is 483. The molecule has 0 radical (unpaired) electrons. The fourth-order valence-electron chi connectivity index (χ4n) is 3.00. The summed E-state index contributed by atoms with van der Waals surface area (Å²) >= 11 is 0. The zero-order valence-corrected chi connectivity index (χ0v) is 13.5. The molecule has 1 atom stereocenters. The number of nitrogens with zero attached hydrogens (tertiary/aromatic N) is 1. The number of para-hydroxylation sites is 2. The molecular weight excluding hydrogens is 278 g/mol. The number of hydrogen-bond donors (Lipinski definition) is 3. The fourth-order valence-corrected chi connectivity index (χ4v) is 3.00. The van der Waals surface area contributed by atoms with Gasteiger partial charge in [0.05, 0.1) is 24.0 Å². The molecule has 1 aliphatic carbocycles. The molecule has 3 N–H and O–H groups in total. The Morgan fingerprint density at radius 3 is 2.68 bits per heavy atom. The lowest BCUT2D eigenvalue weighted by Gasteiger charge is -2.28. The van der Waals surface area contributed by atoms with Gasteiger partial charge in [0.2, 0.25) is 0 Å². The Balaban J connectivity index is 2.06. The third kappa shape index (κ3) is 4.13. The summed E-state index contributed by atoms with van der Waals surface area (Å²) in [6, 6.07) is 7.94. The monoisotopic (exact) mass is 305 g/mol. The summed E-state index contributed by atoms with van der Waals surface area (Å²) < 4.78 is 0. The maximum absolute atomic E-state index is 12.1. The van der Waals surface area contributed by atoms with E-state index in [0.717, 1.165) is 11.4 Å². The van der Waals surface area contributed by atoms with E-state index < -0.39 is 0 Å². The molecule has 2 rings (SSSR count). The van der Waals surface area contributed by atoms with Crippen LogP contribution in [0.3, 0.4) is 0 Å². The number of benzene rings is 1. The van der Waals surface area contributed by atoms with Gasteiger partial charge >= 0.3 is 6.03 Å². The summed E-state index contributed by atoms with van der Waals surface area (Å²) in [5.41, 5.74) is 1.85. The Morgan fingerprint density at radius 1 is 1.36 bits per heavy atom. The van der Waals surface area contributed by atoms with E-state index in [9.17, 15) is 9.90 Å². The Morgan fingerprint density at radius 2 is 2.05 bits per heavy atom. The molecule has 1 aromatic carbocycles. The molecule has 5 heteroatoms. The largest absolute Gasteiger partial charge is 0.394 e. The highest BCUT2D eigenvalue weighted by atomic mass is 16.3. The van der Waals surface area contributed by atoms with Gasteiger partial charge in [-0.1, -0.05) is 31.9 Å². The summed E-state index contributed by atoms with van der Waals surface area (Å²) in [4.78, 5) is 14.4. The van der Waals surface area contributed by atoms with Crippen molar-refractivity contribution in [3.05, 3.63) is 24.3 Å². The summed E-state index contributed by atoms with van der Waals surface area (Å²) in [7, 11) is 2.09. The summed E-state index contributed by atoms with van der Waals surface area (Å²) in [6.07, 6.45) is 5.67. The van der Waals surface area contributed by atoms with Crippen molar-refractivity contribution in [2.75, 3.05) is 23.9 Å². The number of nitrogens with one attached hydrogen (secondary N) is 2. The first kappa shape index (κ1) is 16.6. The van der Waals surface area contributed by atoms with Gasteiger partial charge in [-0.15, -0.1) is 0 Å². The SMILES string of the molecule is CCC(CO)NC(=O)Nc1ccccc1N(C)C1CCCC1. The smallest absolute Gasteiger partial charge is 0.319 e. The molecule has 1 unspecified atom stereocenters. The first-order chi connectivity index (χ1) is 10.7. The second kappa shape index (κ2) is 8.03. The molecule has 0 bridgehead atoms. The van der Waals surface area contributed by atoms with Crippen molar-refractivity contribution in [3.63, 3.8) is 0 Å². The standard InChI is InChI=1S/C17H27N3O2/c1-3-13(12-21)18-17(22)19-15-10-6-7-11-16(15)20(2)14-8-4-5-9-14/h6-7,10-11,13-14,21H,3-5,8-9,12H2,1-2H3,(H2,18,19,22). The van der Waals surface area contributed by atoms with Crippen molar-refractivity contribution in [2.24, 2.45) is 0 Å². The molecular formula is C17H27N3O2. The van der Waals surface area contributed by atoms with Crippen LogP contribution in [0.4, 0.5) is 16.2 Å². The number of hydrogen-bond acceptors (Lipinski definition) is 3. The van der Waals surface area contributed by atoms with E-state index >= 15 is 0 Å². The third-order valence-corrected chi connectivity index (χ3v) is 4.45. The molecule has 1 saturated carbocycles. The van der Waals surface area contributed by atoms with Crippen LogP contribution in [0.5, 0.6) is 0 Å². The van der Waals surface area contributed by atoms with Gasteiger partial charge in [-0.05, 0) is 31.4 Å². The lowest BCUT2D eigenvalue weighted by atomic mass is 10.1. The predicted octanol–water partition coefficient (Wildman–Crippen LogP) is 2.96. The highest BCUT2D eigenvalue weighted by Gasteiger charge is 2.22. The predicted molar refractivity (Wildman–Crippen MR) is 90.4 cm³/mol. The molecule has 1 fully saturated rings. The number of aliphatic hydroxyl groups is 1. The highest BCUT2D eigenvalue weighted by molar-refractivity contribution is 5.93. The zero-order chi connectivity index (χ0) is 15.9. The van der Waals surface area contributed by atoms with Gasteiger partial charge in [0.15, 0.2) is 0 Å². The zero-order valence-electron chi connectivity index (χ0n) is 13.5. The van der Waals surface area contributed by atoms with Crippen LogP contribution in [0.2, 0.25) is 0 Å². The number of carbonyl (C=O) groups excluding carboxylic acids is 1. The van der Waals surface area contributed by atoms with Gasteiger partial charge in [0, 0.05) is 13.1 Å². The Kier molecular flexibility index (Phi) is 6.07. The molecule has 0 saturated heterocycles. The van der Waals surface area contributed by atoms with Crippen LogP contribution < -0.4 is 15.5 Å². The van der Waals surface area contributed by atoms with Gasteiger partial charge in [0.1, 0.15) is 0 Å². The van der Waals surface area contributed by atoms with Gasteiger partial charge < -0.3 is 20.6 Å². The van der Waals surface area contributed by atoms with Crippen molar-refractivity contribution in [3.8, 4) is 0 Å². The quantitative estimate of drug-likeness (QED) is 0.757. The third-order valence-electron chi connectivity index (χ3n) is 4.45. The topological polar surface area (TPSA) is 64.6 Å². The van der Waals surface area contributed by atoms with Gasteiger partial charge in [-0.2, -0.15) is 0 Å². The highest BCUT2D eigenvalue weighted by Crippen LogP contribution is 2.31.